The molecule has 1 fully saturated rings. The van der Waals surface area contributed by atoms with Gasteiger partial charge in [0.2, 0.25) is 21.8 Å². The minimum absolute atomic E-state index is 0.103. The highest BCUT2D eigenvalue weighted by Gasteiger charge is 2.34. The molecular weight excluding hydrogens is 404 g/mol. The summed E-state index contributed by atoms with van der Waals surface area (Å²) in [6, 6.07) is 12.9. The predicted octanol–water partition coefficient (Wildman–Crippen LogP) is 1.30. The van der Waals surface area contributed by atoms with Crippen LogP contribution in [-0.4, -0.2) is 48.7 Å². The Morgan fingerprint density at radius 2 is 1.90 bits per heavy atom. The lowest BCUT2D eigenvalue weighted by atomic mass is 9.98. The van der Waals surface area contributed by atoms with Crippen molar-refractivity contribution in [3.05, 3.63) is 60.4 Å². The molecule has 1 aromatic carbocycles. The Balaban J connectivity index is 1.55. The largest absolute Gasteiger partial charge is 0.349 e. The smallest absolute Gasteiger partial charge is 0.243 e. The first-order valence-corrected chi connectivity index (χ1v) is 11.3. The Morgan fingerprint density at radius 3 is 2.60 bits per heavy atom. The number of hydrogen-bond donors (Lipinski definition) is 2. The molecule has 8 nitrogen and oxygen atoms in total. The quantitative estimate of drug-likeness (QED) is 0.688. The molecule has 2 amide bonds. The fraction of sp³-hybridized carbons (Fsp3) is 0.381. The van der Waals surface area contributed by atoms with Crippen molar-refractivity contribution in [3.8, 4) is 0 Å². The first-order chi connectivity index (χ1) is 14.4. The zero-order valence-corrected chi connectivity index (χ0v) is 17.6. The first-order valence-electron chi connectivity index (χ1n) is 9.91. The van der Waals surface area contributed by atoms with Gasteiger partial charge in [-0.2, -0.15) is 4.31 Å². The Morgan fingerprint density at radius 1 is 1.17 bits per heavy atom. The first kappa shape index (κ1) is 21.9. The number of nitrogens with zero attached hydrogens (tertiary/aromatic N) is 2. The number of carbonyl (C=O) groups excluding carboxylic acids is 2. The monoisotopic (exact) mass is 430 g/mol. The van der Waals surface area contributed by atoms with Crippen LogP contribution in [-0.2, 0) is 26.2 Å². The topological polar surface area (TPSA) is 108 Å². The van der Waals surface area contributed by atoms with Crippen molar-refractivity contribution in [1.82, 2.24) is 19.9 Å². The van der Waals surface area contributed by atoms with Crippen LogP contribution >= 0.6 is 0 Å². The number of pyridine rings is 1. The van der Waals surface area contributed by atoms with Crippen molar-refractivity contribution in [2.24, 2.45) is 5.92 Å². The minimum atomic E-state index is -3.65. The van der Waals surface area contributed by atoms with Crippen LogP contribution in [0.1, 0.15) is 25.5 Å². The fourth-order valence-corrected chi connectivity index (χ4v) is 4.89. The Labute approximate surface area is 176 Å². The van der Waals surface area contributed by atoms with Crippen LogP contribution in [0, 0.1) is 5.92 Å². The van der Waals surface area contributed by atoms with Gasteiger partial charge in [0.25, 0.3) is 0 Å². The summed E-state index contributed by atoms with van der Waals surface area (Å²) in [5.41, 5.74) is 0.721. The van der Waals surface area contributed by atoms with Gasteiger partial charge in [-0.15, -0.1) is 0 Å². The number of amides is 2. The van der Waals surface area contributed by atoms with Gasteiger partial charge in [-0.05, 0) is 44.0 Å². The number of rotatable bonds is 7. The van der Waals surface area contributed by atoms with Crippen molar-refractivity contribution < 1.29 is 18.0 Å². The number of aromatic nitrogens is 1. The summed E-state index contributed by atoms with van der Waals surface area (Å²) >= 11 is 0. The van der Waals surface area contributed by atoms with Gasteiger partial charge in [-0.1, -0.05) is 24.3 Å². The van der Waals surface area contributed by atoms with Crippen LogP contribution in [0.25, 0.3) is 0 Å². The van der Waals surface area contributed by atoms with Crippen molar-refractivity contribution in [1.29, 1.82) is 0 Å². The van der Waals surface area contributed by atoms with E-state index in [1.165, 1.54) is 4.31 Å². The lowest BCUT2D eigenvalue weighted by Crippen LogP contribution is -2.50. The minimum Gasteiger partial charge on any atom is -0.349 e. The zero-order chi connectivity index (χ0) is 21.6. The number of carbonyl (C=O) groups is 2. The lowest BCUT2D eigenvalue weighted by molar-refractivity contribution is -0.131. The molecule has 0 bridgehead atoms. The molecule has 2 atom stereocenters. The van der Waals surface area contributed by atoms with E-state index >= 15 is 0 Å². The number of sulfonamides is 1. The molecule has 0 saturated carbocycles. The second kappa shape index (κ2) is 9.82. The summed E-state index contributed by atoms with van der Waals surface area (Å²) in [6.45, 7) is 2.35. The van der Waals surface area contributed by atoms with Gasteiger partial charge >= 0.3 is 0 Å². The van der Waals surface area contributed by atoms with Crippen LogP contribution in [0.15, 0.2) is 59.6 Å². The van der Waals surface area contributed by atoms with E-state index in [0.29, 0.717) is 19.4 Å². The Bertz CT molecular complexity index is 967. The zero-order valence-electron chi connectivity index (χ0n) is 16.8. The molecule has 160 valence electrons. The highest BCUT2D eigenvalue weighted by molar-refractivity contribution is 7.89. The van der Waals surface area contributed by atoms with Crippen LogP contribution in [0.3, 0.4) is 0 Å². The fourth-order valence-electron chi connectivity index (χ4n) is 3.35. The van der Waals surface area contributed by atoms with Gasteiger partial charge < -0.3 is 10.6 Å². The van der Waals surface area contributed by atoms with Crippen LogP contribution < -0.4 is 10.6 Å². The maximum Gasteiger partial charge on any atom is 0.243 e. The average Bonchev–Trinajstić information content (AvgIpc) is 2.78. The SMILES string of the molecule is C[C@H](NC(=O)C1CCCN(S(=O)(=O)c2ccccc2)C1)C(=O)NCc1ccccn1. The summed E-state index contributed by atoms with van der Waals surface area (Å²) in [6.07, 6.45) is 2.81. The molecule has 0 radical (unpaired) electrons. The molecule has 3 rings (SSSR count). The van der Waals surface area contributed by atoms with Crippen molar-refractivity contribution in [2.45, 2.75) is 37.2 Å². The summed E-state index contributed by atoms with van der Waals surface area (Å²) in [7, 11) is -3.65. The van der Waals surface area contributed by atoms with Gasteiger partial charge in [0.15, 0.2) is 0 Å². The van der Waals surface area contributed by atoms with Gasteiger partial charge in [0, 0.05) is 19.3 Å². The second-order valence-electron chi connectivity index (χ2n) is 7.28. The number of benzene rings is 1. The molecule has 2 aromatic rings. The van der Waals surface area contributed by atoms with Crippen LogP contribution in [0.5, 0.6) is 0 Å². The predicted molar refractivity (Wildman–Crippen MR) is 112 cm³/mol. The molecule has 9 heteroatoms. The van der Waals surface area contributed by atoms with Gasteiger partial charge in [0.05, 0.1) is 23.1 Å². The highest BCUT2D eigenvalue weighted by Crippen LogP contribution is 2.23. The van der Waals surface area contributed by atoms with Gasteiger partial charge in [-0.25, -0.2) is 8.42 Å². The third-order valence-corrected chi connectivity index (χ3v) is 6.94. The molecular formula is C21H26N4O4S. The third-order valence-electron chi connectivity index (χ3n) is 5.06. The summed E-state index contributed by atoms with van der Waals surface area (Å²) in [5, 5.41) is 5.44. The average molecular weight is 431 g/mol. The number of piperidine rings is 1. The molecule has 0 spiro atoms. The van der Waals surface area contributed by atoms with E-state index in [9.17, 15) is 18.0 Å². The summed E-state index contributed by atoms with van der Waals surface area (Å²) in [4.78, 5) is 29.3. The van der Waals surface area contributed by atoms with E-state index in [4.69, 9.17) is 0 Å². The van der Waals surface area contributed by atoms with Gasteiger partial charge in [-0.3, -0.25) is 14.6 Å². The Kier molecular flexibility index (Phi) is 7.17. The van der Waals surface area contributed by atoms with E-state index in [2.05, 4.69) is 15.6 Å². The standard InChI is InChI=1S/C21H26N4O4S/c1-16(20(26)23-14-18-9-5-6-12-22-18)24-21(27)17-8-7-13-25(15-17)30(28,29)19-10-3-2-4-11-19/h2-6,9-12,16-17H,7-8,13-15H2,1H3,(H,23,26)(H,24,27)/t16-,17?/m0/s1. The lowest BCUT2D eigenvalue weighted by Gasteiger charge is -2.31. The van der Waals surface area contributed by atoms with E-state index in [1.807, 2.05) is 6.07 Å². The molecule has 1 aliphatic rings. The van der Waals surface area contributed by atoms with E-state index < -0.39 is 22.0 Å². The van der Waals surface area contributed by atoms with E-state index in [-0.39, 0.29) is 29.8 Å². The van der Waals surface area contributed by atoms with Crippen molar-refractivity contribution in [3.63, 3.8) is 0 Å². The molecule has 1 aliphatic heterocycles. The molecule has 1 saturated heterocycles. The second-order valence-corrected chi connectivity index (χ2v) is 9.22. The molecule has 30 heavy (non-hydrogen) atoms. The number of hydrogen-bond acceptors (Lipinski definition) is 5. The normalized spacial score (nSPS) is 18.4. The van der Waals surface area contributed by atoms with Crippen molar-refractivity contribution in [2.75, 3.05) is 13.1 Å². The maximum atomic E-state index is 12.8. The summed E-state index contributed by atoms with van der Waals surface area (Å²) < 4.78 is 27.0. The number of nitrogens with one attached hydrogen (secondary N) is 2. The van der Waals surface area contributed by atoms with Crippen LogP contribution in [0.4, 0.5) is 0 Å². The molecule has 0 aliphatic carbocycles. The molecule has 1 unspecified atom stereocenters. The highest BCUT2D eigenvalue weighted by atomic mass is 32.2. The molecule has 2 N–H and O–H groups in total. The van der Waals surface area contributed by atoms with Crippen LogP contribution in [0.2, 0.25) is 0 Å². The molecule has 1 aromatic heterocycles. The maximum absolute atomic E-state index is 12.8. The van der Waals surface area contributed by atoms with E-state index in [0.717, 1.165) is 5.69 Å². The summed E-state index contributed by atoms with van der Waals surface area (Å²) in [5.74, 6) is -1.13. The Hall–Kier alpha value is -2.78. The third kappa shape index (κ3) is 5.43. The van der Waals surface area contributed by atoms with Crippen molar-refractivity contribution >= 4 is 21.8 Å². The molecule has 2 heterocycles. The van der Waals surface area contributed by atoms with Gasteiger partial charge in [0.1, 0.15) is 6.04 Å². The van der Waals surface area contributed by atoms with E-state index in [1.54, 1.807) is 55.6 Å².